The average molecular weight is 648 g/mol. The lowest BCUT2D eigenvalue weighted by Gasteiger charge is -2.13. The van der Waals surface area contributed by atoms with Crippen molar-refractivity contribution in [3.63, 3.8) is 0 Å². The van der Waals surface area contributed by atoms with Gasteiger partial charge in [-0.1, -0.05) is 160 Å². The van der Waals surface area contributed by atoms with Crippen LogP contribution in [-0.2, 0) is 0 Å². The second-order valence-electron chi connectivity index (χ2n) is 12.3. The topological polar surface area (TPSA) is 12.4 Å². The zero-order chi connectivity index (χ0) is 35.6. The summed E-state index contributed by atoms with van der Waals surface area (Å²) in [7, 11) is 0. The molecule has 0 radical (unpaired) electrons. The van der Waals surface area contributed by atoms with Crippen molar-refractivity contribution in [2.24, 2.45) is 4.99 Å². The van der Waals surface area contributed by atoms with Crippen LogP contribution in [0.1, 0.15) is 44.4 Å². The Morgan fingerprint density at radius 1 is 0.580 bits per heavy atom. The van der Waals surface area contributed by atoms with E-state index in [1.165, 1.54) is 16.4 Å². The maximum absolute atomic E-state index is 5.19. The molecule has 0 aliphatic carbocycles. The maximum Gasteiger partial charge on any atom is 0.0783 e. The molecule has 0 saturated heterocycles. The number of aliphatic imine (C=N–C) groups is 1. The van der Waals surface area contributed by atoms with Crippen molar-refractivity contribution in [1.82, 2.24) is 0 Å². The highest BCUT2D eigenvalue weighted by Gasteiger charge is 2.11. The zero-order valence-corrected chi connectivity index (χ0v) is 29.7. The van der Waals surface area contributed by atoms with Crippen molar-refractivity contribution < 1.29 is 0 Å². The van der Waals surface area contributed by atoms with Crippen molar-refractivity contribution in [2.75, 3.05) is 0 Å². The third kappa shape index (κ3) is 7.97. The smallest absolute Gasteiger partial charge is 0.0783 e. The summed E-state index contributed by atoms with van der Waals surface area (Å²) < 4.78 is 0. The third-order valence-corrected chi connectivity index (χ3v) is 9.07. The van der Waals surface area contributed by atoms with E-state index in [2.05, 4.69) is 143 Å². The van der Waals surface area contributed by atoms with Gasteiger partial charge in [0.05, 0.1) is 5.70 Å². The van der Waals surface area contributed by atoms with Crippen LogP contribution in [0.4, 0.5) is 0 Å². The van der Waals surface area contributed by atoms with E-state index in [1.54, 1.807) is 6.08 Å². The first-order valence-electron chi connectivity index (χ1n) is 16.9. The van der Waals surface area contributed by atoms with Gasteiger partial charge in [-0.3, -0.25) is 4.99 Å². The summed E-state index contributed by atoms with van der Waals surface area (Å²) in [6.45, 7) is 24.9. The van der Waals surface area contributed by atoms with Gasteiger partial charge in [0.2, 0.25) is 0 Å². The van der Waals surface area contributed by atoms with Crippen LogP contribution in [0.5, 0.6) is 0 Å². The van der Waals surface area contributed by atoms with Crippen LogP contribution in [0.2, 0.25) is 0 Å². The summed E-state index contributed by atoms with van der Waals surface area (Å²) >= 11 is 0. The van der Waals surface area contributed by atoms with Gasteiger partial charge in [-0.25, -0.2) is 0 Å². The second kappa shape index (κ2) is 16.4. The van der Waals surface area contributed by atoms with Crippen molar-refractivity contribution in [2.45, 2.75) is 27.7 Å². The van der Waals surface area contributed by atoms with Gasteiger partial charge >= 0.3 is 0 Å². The lowest BCUT2D eigenvalue weighted by atomic mass is 9.91. The molecule has 0 unspecified atom stereocenters. The Balaban J connectivity index is 1.74. The molecular formula is C49H45N. The highest BCUT2D eigenvalue weighted by Crippen LogP contribution is 2.29. The molecule has 50 heavy (non-hydrogen) atoms. The summed E-state index contributed by atoms with van der Waals surface area (Å²) in [5.41, 5.74) is 10.8. The van der Waals surface area contributed by atoms with Crippen LogP contribution in [0, 0.1) is 0 Å². The van der Waals surface area contributed by atoms with E-state index >= 15 is 0 Å². The standard InChI is InChI=1S/C49H45N/c1-9-12-22-39(11-3)38(8)50-49(47-25-17-14-21-35(47)5)42-29-27-40(28-30-42)45-32-43(36(6)46-24-16-13-20-34(46)4)31-44(33-45)37(7)48-26-18-15-23-41(48)19-10-2/h9-33H,1-2,4-5H2,3,6-8H3/b22-12-,39-11+,41-19-,46-36+,48-37+,49-47-,50-38+. The van der Waals surface area contributed by atoms with Gasteiger partial charge in [-0.2, -0.15) is 0 Å². The van der Waals surface area contributed by atoms with Crippen LogP contribution in [0.3, 0.4) is 0 Å². The minimum absolute atomic E-state index is 0.885. The fraction of sp³-hybridized carbons (Fsp3) is 0.0816. The van der Waals surface area contributed by atoms with E-state index in [0.29, 0.717) is 0 Å². The molecule has 0 N–H and O–H groups in total. The Hall–Kier alpha value is -6.05. The van der Waals surface area contributed by atoms with E-state index in [9.17, 15) is 0 Å². The summed E-state index contributed by atoms with van der Waals surface area (Å²) in [5.74, 6) is 0. The first-order valence-corrected chi connectivity index (χ1v) is 16.9. The molecule has 0 aliphatic heterocycles. The van der Waals surface area contributed by atoms with E-state index < -0.39 is 0 Å². The number of rotatable bonds is 9. The Morgan fingerprint density at radius 3 is 1.72 bits per heavy atom. The zero-order valence-electron chi connectivity index (χ0n) is 29.7. The van der Waals surface area contributed by atoms with Crippen LogP contribution in [0.15, 0.2) is 169 Å². The monoisotopic (exact) mass is 647 g/mol. The summed E-state index contributed by atoms with van der Waals surface area (Å²) in [5, 5.41) is 6.42. The van der Waals surface area contributed by atoms with Crippen LogP contribution < -0.4 is 31.3 Å². The first-order chi connectivity index (χ1) is 24.2. The number of hydrogen-bond acceptors (Lipinski definition) is 1. The molecule has 0 atom stereocenters. The lowest BCUT2D eigenvalue weighted by Crippen LogP contribution is -2.26. The molecule has 0 aliphatic rings. The van der Waals surface area contributed by atoms with Gasteiger partial charge in [0.15, 0.2) is 0 Å². The van der Waals surface area contributed by atoms with Gasteiger partial charge in [-0.15, -0.1) is 0 Å². The van der Waals surface area contributed by atoms with E-state index in [4.69, 9.17) is 4.99 Å². The number of benzene rings is 5. The van der Waals surface area contributed by atoms with Gasteiger partial charge in [0, 0.05) is 16.5 Å². The molecule has 0 fully saturated rings. The summed E-state index contributed by atoms with van der Waals surface area (Å²) in [6, 6.07) is 40.6. The number of hydrogen-bond donors (Lipinski definition) is 0. The number of allylic oxidation sites excluding steroid dienone is 6. The van der Waals surface area contributed by atoms with Crippen molar-refractivity contribution in [3.05, 3.63) is 212 Å². The van der Waals surface area contributed by atoms with Gasteiger partial charge in [-0.05, 0) is 111 Å². The summed E-state index contributed by atoms with van der Waals surface area (Å²) in [4.78, 5) is 5.19. The van der Waals surface area contributed by atoms with E-state index in [1.807, 2.05) is 56.3 Å². The Kier molecular flexibility index (Phi) is 11.5. The third-order valence-electron chi connectivity index (χ3n) is 9.07. The molecule has 1 nitrogen and oxygen atoms in total. The Bertz CT molecular complexity index is 2520. The van der Waals surface area contributed by atoms with E-state index in [0.717, 1.165) is 70.9 Å². The highest BCUT2D eigenvalue weighted by atomic mass is 14.8. The Labute approximate surface area is 297 Å². The van der Waals surface area contributed by atoms with Crippen molar-refractivity contribution >= 4 is 41.8 Å². The minimum atomic E-state index is 0.885. The molecule has 0 bridgehead atoms. The molecule has 0 heterocycles. The second-order valence-corrected chi connectivity index (χ2v) is 12.3. The number of nitrogens with zero attached hydrogens (tertiary/aromatic N) is 1. The Morgan fingerprint density at radius 2 is 1.14 bits per heavy atom. The fourth-order valence-corrected chi connectivity index (χ4v) is 6.22. The predicted molar refractivity (Wildman–Crippen MR) is 220 cm³/mol. The largest absolute Gasteiger partial charge is 0.252 e. The quantitative estimate of drug-likeness (QED) is 0.114. The van der Waals surface area contributed by atoms with Crippen molar-refractivity contribution in [3.8, 4) is 11.1 Å². The van der Waals surface area contributed by atoms with E-state index in [-0.39, 0.29) is 0 Å². The SMILES string of the molecule is C=C\C=C/C(=C\C)C(/C)=N/C(c1ccc(-c2cc(/C(C)=c3\ccccc3=C)cc(/C(C)=c3\cccc\c3=C\C=C)c2)cc1)=c1/ccccc1=C. The highest BCUT2D eigenvalue weighted by molar-refractivity contribution is 6.03. The maximum atomic E-state index is 5.19. The van der Waals surface area contributed by atoms with Gasteiger partial charge in [0.1, 0.15) is 0 Å². The molecule has 5 aromatic rings. The van der Waals surface area contributed by atoms with Gasteiger partial charge in [0.25, 0.3) is 0 Å². The van der Waals surface area contributed by atoms with Crippen LogP contribution in [0.25, 0.3) is 47.2 Å². The molecule has 0 amide bonds. The summed E-state index contributed by atoms with van der Waals surface area (Å²) in [6.07, 6.45) is 11.7. The molecular weight excluding hydrogens is 603 g/mol. The minimum Gasteiger partial charge on any atom is -0.252 e. The molecule has 246 valence electrons. The van der Waals surface area contributed by atoms with Crippen molar-refractivity contribution in [1.29, 1.82) is 0 Å². The predicted octanol–water partition coefficient (Wildman–Crippen LogP) is 7.88. The lowest BCUT2D eigenvalue weighted by molar-refractivity contribution is 1.39. The normalized spacial score (nSPS) is 14.4. The van der Waals surface area contributed by atoms with Crippen LogP contribution >= 0.6 is 0 Å². The van der Waals surface area contributed by atoms with Gasteiger partial charge < -0.3 is 0 Å². The van der Waals surface area contributed by atoms with Crippen LogP contribution in [-0.4, -0.2) is 5.71 Å². The first kappa shape index (κ1) is 35.3. The molecule has 1 heteroatoms. The molecule has 0 spiro atoms. The average Bonchev–Trinajstić information content (AvgIpc) is 3.14. The molecule has 0 aromatic heterocycles. The molecule has 0 saturated carbocycles. The molecule has 5 aromatic carbocycles. The fourth-order valence-electron chi connectivity index (χ4n) is 6.22. The molecule has 5 rings (SSSR count).